The highest BCUT2D eigenvalue weighted by molar-refractivity contribution is 6.33. The summed E-state index contributed by atoms with van der Waals surface area (Å²) in [5.41, 5.74) is 4.97. The minimum Gasteiger partial charge on any atom is -0.299 e. The van der Waals surface area contributed by atoms with Crippen molar-refractivity contribution >= 4 is 11.6 Å². The third-order valence-corrected chi connectivity index (χ3v) is 4.33. The molecular weight excluding hydrogens is 266 g/mol. The lowest BCUT2D eigenvalue weighted by atomic mass is 10.0. The molecular formula is C18H20ClN. The van der Waals surface area contributed by atoms with Crippen molar-refractivity contribution in [3.05, 3.63) is 58.6 Å². The fourth-order valence-corrected chi connectivity index (χ4v) is 3.05. The van der Waals surface area contributed by atoms with Gasteiger partial charge in [0, 0.05) is 17.1 Å². The third-order valence-electron chi connectivity index (χ3n) is 4.00. The first-order valence-corrected chi connectivity index (χ1v) is 7.68. The van der Waals surface area contributed by atoms with E-state index in [9.17, 15) is 0 Å². The van der Waals surface area contributed by atoms with Gasteiger partial charge >= 0.3 is 0 Å². The summed E-state index contributed by atoms with van der Waals surface area (Å²) < 4.78 is 0. The molecule has 0 aliphatic carbocycles. The third kappa shape index (κ3) is 3.05. The standard InChI is InChI=1S/C18H20ClN/c1-14-4-7-16(8-5-14)17-12-15(6-9-18(17)19)13-20-10-2-3-11-20/h4-9,12H,2-3,10-11,13H2,1H3. The molecule has 2 heteroatoms. The minimum atomic E-state index is 0.832. The second kappa shape index (κ2) is 5.99. The van der Waals surface area contributed by atoms with Gasteiger partial charge in [0.05, 0.1) is 0 Å². The molecule has 0 bridgehead atoms. The highest BCUT2D eigenvalue weighted by atomic mass is 35.5. The van der Waals surface area contributed by atoms with Crippen LogP contribution < -0.4 is 0 Å². The number of benzene rings is 2. The molecule has 1 aliphatic rings. The van der Waals surface area contributed by atoms with E-state index in [2.05, 4.69) is 48.2 Å². The molecule has 1 nitrogen and oxygen atoms in total. The molecule has 1 fully saturated rings. The van der Waals surface area contributed by atoms with E-state index in [0.29, 0.717) is 0 Å². The van der Waals surface area contributed by atoms with Gasteiger partial charge in [-0.15, -0.1) is 0 Å². The first kappa shape index (κ1) is 13.7. The lowest BCUT2D eigenvalue weighted by molar-refractivity contribution is 0.331. The zero-order valence-corrected chi connectivity index (χ0v) is 12.7. The average molecular weight is 286 g/mol. The smallest absolute Gasteiger partial charge is 0.0484 e. The molecule has 3 rings (SSSR count). The fourth-order valence-electron chi connectivity index (χ4n) is 2.82. The van der Waals surface area contributed by atoms with Crippen molar-refractivity contribution in [3.63, 3.8) is 0 Å². The van der Waals surface area contributed by atoms with Gasteiger partial charge in [0.2, 0.25) is 0 Å². The molecule has 1 saturated heterocycles. The number of nitrogens with zero attached hydrogens (tertiary/aromatic N) is 1. The van der Waals surface area contributed by atoms with Crippen molar-refractivity contribution < 1.29 is 0 Å². The quantitative estimate of drug-likeness (QED) is 0.774. The van der Waals surface area contributed by atoms with Crippen molar-refractivity contribution in [1.29, 1.82) is 0 Å². The predicted octanol–water partition coefficient (Wildman–Crippen LogP) is 4.91. The number of halogens is 1. The maximum Gasteiger partial charge on any atom is 0.0484 e. The molecule has 0 saturated carbocycles. The maximum absolute atomic E-state index is 6.37. The second-order valence-electron chi connectivity index (χ2n) is 5.66. The van der Waals surface area contributed by atoms with Crippen molar-refractivity contribution in [2.24, 2.45) is 0 Å². The van der Waals surface area contributed by atoms with Crippen molar-refractivity contribution in [3.8, 4) is 11.1 Å². The molecule has 104 valence electrons. The summed E-state index contributed by atoms with van der Waals surface area (Å²) in [6.45, 7) is 5.59. The molecule has 0 radical (unpaired) electrons. The van der Waals surface area contributed by atoms with Crippen LogP contribution >= 0.6 is 11.6 Å². The molecule has 2 aromatic rings. The van der Waals surface area contributed by atoms with E-state index in [4.69, 9.17) is 11.6 Å². The van der Waals surface area contributed by atoms with Gasteiger partial charge in [-0.2, -0.15) is 0 Å². The Morgan fingerprint density at radius 1 is 1.00 bits per heavy atom. The second-order valence-corrected chi connectivity index (χ2v) is 6.07. The fraction of sp³-hybridized carbons (Fsp3) is 0.333. The molecule has 2 aromatic carbocycles. The number of hydrogen-bond donors (Lipinski definition) is 0. The van der Waals surface area contributed by atoms with Crippen molar-refractivity contribution in [2.75, 3.05) is 13.1 Å². The monoisotopic (exact) mass is 285 g/mol. The van der Waals surface area contributed by atoms with Crippen LogP contribution in [0.5, 0.6) is 0 Å². The number of rotatable bonds is 3. The summed E-state index contributed by atoms with van der Waals surface area (Å²) in [4.78, 5) is 2.52. The Balaban J connectivity index is 1.87. The molecule has 0 N–H and O–H groups in total. The van der Waals surface area contributed by atoms with Gasteiger partial charge in [-0.3, -0.25) is 4.90 Å². The predicted molar refractivity (Wildman–Crippen MR) is 86.1 cm³/mol. The molecule has 1 heterocycles. The normalized spacial score (nSPS) is 15.7. The first-order chi connectivity index (χ1) is 9.72. The highest BCUT2D eigenvalue weighted by Crippen LogP contribution is 2.29. The lowest BCUT2D eigenvalue weighted by Gasteiger charge is -2.16. The Labute approximate surface area is 126 Å². The molecule has 0 atom stereocenters. The topological polar surface area (TPSA) is 3.24 Å². The van der Waals surface area contributed by atoms with Gasteiger partial charge in [-0.05, 0) is 56.1 Å². The summed E-state index contributed by atoms with van der Waals surface area (Å²) in [6.07, 6.45) is 2.66. The van der Waals surface area contributed by atoms with Crippen LogP contribution in [-0.2, 0) is 6.54 Å². The van der Waals surface area contributed by atoms with Crippen LogP contribution in [0.1, 0.15) is 24.0 Å². The Bertz CT molecular complexity index is 583. The minimum absolute atomic E-state index is 0.832. The van der Waals surface area contributed by atoms with E-state index in [1.165, 1.54) is 42.6 Å². The van der Waals surface area contributed by atoms with Crippen LogP contribution in [0.4, 0.5) is 0 Å². The zero-order valence-electron chi connectivity index (χ0n) is 11.9. The van der Waals surface area contributed by atoms with E-state index in [1.54, 1.807) is 0 Å². The largest absolute Gasteiger partial charge is 0.299 e. The zero-order chi connectivity index (χ0) is 13.9. The number of hydrogen-bond acceptors (Lipinski definition) is 1. The lowest BCUT2D eigenvalue weighted by Crippen LogP contribution is -2.18. The SMILES string of the molecule is Cc1ccc(-c2cc(CN3CCCC3)ccc2Cl)cc1. The van der Waals surface area contributed by atoms with Crippen molar-refractivity contribution in [2.45, 2.75) is 26.3 Å². The van der Waals surface area contributed by atoms with Crippen LogP contribution in [0.15, 0.2) is 42.5 Å². The Kier molecular flexibility index (Phi) is 4.09. The van der Waals surface area contributed by atoms with E-state index >= 15 is 0 Å². The van der Waals surface area contributed by atoms with E-state index in [1.807, 2.05) is 6.07 Å². The number of aryl methyl sites for hydroxylation is 1. The van der Waals surface area contributed by atoms with Crippen LogP contribution in [0.25, 0.3) is 11.1 Å². The Morgan fingerprint density at radius 3 is 2.40 bits per heavy atom. The number of likely N-dealkylation sites (tertiary alicyclic amines) is 1. The van der Waals surface area contributed by atoms with Gasteiger partial charge in [0.1, 0.15) is 0 Å². The maximum atomic E-state index is 6.37. The summed E-state index contributed by atoms with van der Waals surface area (Å²) in [6, 6.07) is 15.0. The summed E-state index contributed by atoms with van der Waals surface area (Å²) in [7, 11) is 0. The van der Waals surface area contributed by atoms with Crippen LogP contribution in [0, 0.1) is 6.92 Å². The van der Waals surface area contributed by atoms with Gasteiger partial charge < -0.3 is 0 Å². The van der Waals surface area contributed by atoms with E-state index in [-0.39, 0.29) is 0 Å². The first-order valence-electron chi connectivity index (χ1n) is 7.30. The molecule has 0 aromatic heterocycles. The average Bonchev–Trinajstić information content (AvgIpc) is 2.95. The van der Waals surface area contributed by atoms with Gasteiger partial charge in [0.15, 0.2) is 0 Å². The van der Waals surface area contributed by atoms with Crippen LogP contribution in [0.3, 0.4) is 0 Å². The van der Waals surface area contributed by atoms with Gasteiger partial charge in [-0.1, -0.05) is 47.5 Å². The molecule has 0 unspecified atom stereocenters. The van der Waals surface area contributed by atoms with Gasteiger partial charge in [-0.25, -0.2) is 0 Å². The highest BCUT2D eigenvalue weighted by Gasteiger charge is 2.13. The molecule has 0 amide bonds. The summed E-state index contributed by atoms with van der Waals surface area (Å²) >= 11 is 6.37. The Morgan fingerprint density at radius 2 is 1.70 bits per heavy atom. The molecule has 1 aliphatic heterocycles. The molecule has 0 spiro atoms. The summed E-state index contributed by atoms with van der Waals surface area (Å²) in [5.74, 6) is 0. The van der Waals surface area contributed by atoms with Crippen LogP contribution in [0.2, 0.25) is 5.02 Å². The Hall–Kier alpha value is -1.31. The molecule has 20 heavy (non-hydrogen) atoms. The van der Waals surface area contributed by atoms with Crippen LogP contribution in [-0.4, -0.2) is 18.0 Å². The van der Waals surface area contributed by atoms with Gasteiger partial charge in [0.25, 0.3) is 0 Å². The van der Waals surface area contributed by atoms with Crippen molar-refractivity contribution in [1.82, 2.24) is 4.90 Å². The van der Waals surface area contributed by atoms with E-state index < -0.39 is 0 Å². The van der Waals surface area contributed by atoms with E-state index in [0.717, 1.165) is 17.1 Å². The summed E-state index contributed by atoms with van der Waals surface area (Å²) in [5, 5.41) is 0.832.